The van der Waals surface area contributed by atoms with Gasteiger partial charge in [0.2, 0.25) is 0 Å². The molecular weight excluding hydrogens is 352 g/mol. The predicted molar refractivity (Wildman–Crippen MR) is 89.1 cm³/mol. The molecule has 0 N–H and O–H groups in total. The van der Waals surface area contributed by atoms with E-state index in [0.29, 0.717) is 4.83 Å². The molecule has 0 radical (unpaired) electrons. The fourth-order valence-electron chi connectivity index (χ4n) is 3.62. The molecule has 0 bridgehead atoms. The van der Waals surface area contributed by atoms with E-state index in [1.807, 2.05) is 6.92 Å². The Hall–Kier alpha value is -0.0900. The van der Waals surface area contributed by atoms with Gasteiger partial charge in [-0.25, -0.2) is 0 Å². The highest BCUT2D eigenvalue weighted by Crippen LogP contribution is 2.43. The highest BCUT2D eigenvalue weighted by Gasteiger charge is 2.49. The Labute approximate surface area is 140 Å². The minimum Gasteiger partial charge on any atom is -0.347 e. The van der Waals surface area contributed by atoms with Gasteiger partial charge in [0.25, 0.3) is 0 Å². The van der Waals surface area contributed by atoms with Crippen molar-refractivity contribution in [3.05, 3.63) is 34.3 Å². The summed E-state index contributed by atoms with van der Waals surface area (Å²) < 4.78 is 12.2. The zero-order chi connectivity index (χ0) is 15.0. The fourth-order valence-corrected chi connectivity index (χ4v) is 4.16. The van der Waals surface area contributed by atoms with Crippen molar-refractivity contribution < 1.29 is 9.47 Å². The van der Waals surface area contributed by atoms with E-state index in [1.54, 1.807) is 0 Å². The first-order chi connectivity index (χ1) is 10.00. The quantitative estimate of drug-likeness (QED) is 0.659. The first-order valence-electron chi connectivity index (χ1n) is 7.76. The number of alkyl halides is 1. The molecule has 2 aliphatic rings. The first kappa shape index (κ1) is 15.8. The third-order valence-corrected chi connectivity index (χ3v) is 5.57. The van der Waals surface area contributed by atoms with Gasteiger partial charge in [0, 0.05) is 16.3 Å². The van der Waals surface area contributed by atoms with Crippen LogP contribution in [0.15, 0.2) is 18.2 Å². The SMILES string of the molecule is CC1OC2CCCCC2(Cc2ccc(C(C)Br)cc2Cl)O1. The van der Waals surface area contributed by atoms with Crippen molar-refractivity contribution in [1.82, 2.24) is 0 Å². The Balaban J connectivity index is 1.85. The molecule has 0 spiro atoms. The molecule has 4 unspecified atom stereocenters. The molecule has 0 aromatic heterocycles. The Morgan fingerprint density at radius 3 is 2.95 bits per heavy atom. The summed E-state index contributed by atoms with van der Waals surface area (Å²) in [6.45, 7) is 4.11. The summed E-state index contributed by atoms with van der Waals surface area (Å²) in [7, 11) is 0. The minimum atomic E-state index is -0.178. The molecule has 2 fully saturated rings. The monoisotopic (exact) mass is 372 g/mol. The number of rotatable bonds is 3. The van der Waals surface area contributed by atoms with Gasteiger partial charge < -0.3 is 9.47 Å². The average Bonchev–Trinajstić information content (AvgIpc) is 2.76. The van der Waals surface area contributed by atoms with E-state index >= 15 is 0 Å². The topological polar surface area (TPSA) is 18.5 Å². The number of fused-ring (bicyclic) bond motifs is 1. The summed E-state index contributed by atoms with van der Waals surface area (Å²) in [6.07, 6.45) is 5.56. The Morgan fingerprint density at radius 2 is 2.24 bits per heavy atom. The summed E-state index contributed by atoms with van der Waals surface area (Å²) in [5, 5.41) is 0.834. The third-order valence-electron chi connectivity index (χ3n) is 4.69. The van der Waals surface area contributed by atoms with E-state index in [1.165, 1.54) is 18.4 Å². The van der Waals surface area contributed by atoms with Crippen molar-refractivity contribution in [1.29, 1.82) is 0 Å². The van der Waals surface area contributed by atoms with Crippen molar-refractivity contribution in [2.24, 2.45) is 0 Å². The fraction of sp³-hybridized carbons (Fsp3) is 0.647. The lowest BCUT2D eigenvalue weighted by Crippen LogP contribution is -2.44. The third kappa shape index (κ3) is 3.17. The molecule has 0 amide bonds. The van der Waals surface area contributed by atoms with Gasteiger partial charge in [-0.15, -0.1) is 0 Å². The van der Waals surface area contributed by atoms with Crippen molar-refractivity contribution in [3.8, 4) is 0 Å². The molecule has 116 valence electrons. The average molecular weight is 374 g/mol. The van der Waals surface area contributed by atoms with Crippen LogP contribution in [0.5, 0.6) is 0 Å². The Bertz CT molecular complexity index is 520. The van der Waals surface area contributed by atoms with Crippen LogP contribution in [0, 0.1) is 0 Å². The van der Waals surface area contributed by atoms with Crippen LogP contribution < -0.4 is 0 Å². The molecule has 21 heavy (non-hydrogen) atoms. The minimum absolute atomic E-state index is 0.103. The van der Waals surface area contributed by atoms with Crippen molar-refractivity contribution >= 4 is 27.5 Å². The second-order valence-corrected chi connectivity index (χ2v) is 8.05. The van der Waals surface area contributed by atoms with Crippen LogP contribution in [0.2, 0.25) is 5.02 Å². The predicted octanol–water partition coefficient (Wildman–Crippen LogP) is 5.41. The summed E-state index contributed by atoms with van der Waals surface area (Å²) in [5.74, 6) is 0. The van der Waals surface area contributed by atoms with E-state index in [9.17, 15) is 0 Å². The molecule has 1 aliphatic heterocycles. The first-order valence-corrected chi connectivity index (χ1v) is 9.05. The van der Waals surface area contributed by atoms with Crippen LogP contribution in [-0.2, 0) is 15.9 Å². The molecule has 1 aromatic carbocycles. The van der Waals surface area contributed by atoms with Gasteiger partial charge in [0.05, 0.1) is 6.10 Å². The van der Waals surface area contributed by atoms with Gasteiger partial charge in [-0.1, -0.05) is 52.5 Å². The van der Waals surface area contributed by atoms with E-state index in [-0.39, 0.29) is 18.0 Å². The standard InChI is InChI=1S/C17H22BrClO2/c1-11(18)13-6-7-14(15(19)9-13)10-17-8-4-3-5-16(17)20-12(2)21-17/h6-7,9,11-12,16H,3-5,8,10H2,1-2H3. The van der Waals surface area contributed by atoms with E-state index < -0.39 is 0 Å². The van der Waals surface area contributed by atoms with Gasteiger partial charge in [0.1, 0.15) is 5.60 Å². The lowest BCUT2D eigenvalue weighted by Gasteiger charge is -2.36. The normalized spacial score (nSPS) is 33.7. The smallest absolute Gasteiger partial charge is 0.156 e. The van der Waals surface area contributed by atoms with Gasteiger partial charge in [-0.2, -0.15) is 0 Å². The Morgan fingerprint density at radius 1 is 1.43 bits per heavy atom. The molecule has 1 aliphatic carbocycles. The van der Waals surface area contributed by atoms with Crippen LogP contribution in [-0.4, -0.2) is 18.0 Å². The van der Waals surface area contributed by atoms with Crippen LogP contribution in [0.25, 0.3) is 0 Å². The number of benzene rings is 1. The van der Waals surface area contributed by atoms with E-state index in [4.69, 9.17) is 21.1 Å². The molecular formula is C17H22BrClO2. The van der Waals surface area contributed by atoms with Gasteiger partial charge in [0.15, 0.2) is 6.29 Å². The zero-order valence-corrected chi connectivity index (χ0v) is 14.9. The summed E-state index contributed by atoms with van der Waals surface area (Å²) in [6, 6.07) is 6.35. The van der Waals surface area contributed by atoms with Gasteiger partial charge in [-0.3, -0.25) is 0 Å². The second-order valence-electron chi connectivity index (χ2n) is 6.26. The number of hydrogen-bond acceptors (Lipinski definition) is 2. The molecule has 1 heterocycles. The lowest BCUT2D eigenvalue weighted by atomic mass is 9.78. The number of hydrogen-bond donors (Lipinski definition) is 0. The highest BCUT2D eigenvalue weighted by atomic mass is 79.9. The second kappa shape index (κ2) is 6.19. The van der Waals surface area contributed by atoms with Crippen LogP contribution in [0.1, 0.15) is 55.5 Å². The van der Waals surface area contributed by atoms with Crippen LogP contribution in [0.3, 0.4) is 0 Å². The molecule has 1 aromatic rings. The maximum atomic E-state index is 6.50. The van der Waals surface area contributed by atoms with Gasteiger partial charge >= 0.3 is 0 Å². The van der Waals surface area contributed by atoms with Crippen LogP contribution in [0.4, 0.5) is 0 Å². The molecule has 1 saturated heterocycles. The molecule has 1 saturated carbocycles. The maximum Gasteiger partial charge on any atom is 0.156 e. The van der Waals surface area contributed by atoms with E-state index in [2.05, 4.69) is 41.1 Å². The number of ether oxygens (including phenoxy) is 2. The lowest BCUT2D eigenvalue weighted by molar-refractivity contribution is -0.0796. The molecule has 4 heteroatoms. The van der Waals surface area contributed by atoms with Crippen molar-refractivity contribution in [2.45, 2.75) is 68.8 Å². The molecule has 4 atom stereocenters. The zero-order valence-electron chi connectivity index (χ0n) is 12.6. The summed E-state index contributed by atoms with van der Waals surface area (Å²) >= 11 is 10.1. The van der Waals surface area contributed by atoms with Gasteiger partial charge in [-0.05, 0) is 43.9 Å². The Kier molecular flexibility index (Phi) is 4.66. The largest absolute Gasteiger partial charge is 0.347 e. The van der Waals surface area contributed by atoms with Crippen molar-refractivity contribution in [2.75, 3.05) is 0 Å². The maximum absolute atomic E-state index is 6.50. The van der Waals surface area contributed by atoms with Crippen molar-refractivity contribution in [3.63, 3.8) is 0 Å². The molecule has 3 rings (SSSR count). The summed E-state index contributed by atoms with van der Waals surface area (Å²) in [4.78, 5) is 0.315. The van der Waals surface area contributed by atoms with Crippen LogP contribution >= 0.6 is 27.5 Å². The summed E-state index contributed by atoms with van der Waals surface area (Å²) in [5.41, 5.74) is 2.19. The van der Waals surface area contributed by atoms with E-state index in [0.717, 1.165) is 29.8 Å². The molecule has 2 nitrogen and oxygen atoms in total. The number of halogens is 2. The highest BCUT2D eigenvalue weighted by molar-refractivity contribution is 9.09.